The van der Waals surface area contributed by atoms with Crippen LogP contribution in [0.15, 0.2) is 35.7 Å². The number of nitrogens with zero attached hydrogens (tertiary/aromatic N) is 3. The van der Waals surface area contributed by atoms with Gasteiger partial charge in [0.2, 0.25) is 11.7 Å². The minimum atomic E-state index is -1.19. The Morgan fingerprint density at radius 2 is 1.80 bits per heavy atom. The number of carbonyl (C=O) groups is 4. The van der Waals surface area contributed by atoms with Gasteiger partial charge in [0.15, 0.2) is 23.3 Å². The SMILES string of the molecule is CC(C)(CCC(C)(C)CNc1ccc(N)c(C(=O)N(N)C2CCC(=O)NC2=O)c1)CNC(=O)COc1c(-c2csc(N3CCOCC3)n2)ccc(F)c1F. The van der Waals surface area contributed by atoms with Crippen LogP contribution in [0.1, 0.15) is 63.7 Å². The van der Waals surface area contributed by atoms with Crippen LogP contribution in [-0.4, -0.2) is 85.7 Å². The van der Waals surface area contributed by atoms with E-state index in [-0.39, 0.29) is 46.2 Å². The van der Waals surface area contributed by atoms with Gasteiger partial charge in [0.05, 0.1) is 24.5 Å². The number of halogens is 2. The van der Waals surface area contributed by atoms with Crippen molar-refractivity contribution in [2.24, 2.45) is 16.7 Å². The molecule has 14 nitrogen and oxygen atoms in total. The molecule has 2 aliphatic rings. The summed E-state index contributed by atoms with van der Waals surface area (Å²) in [7, 11) is 0. The van der Waals surface area contributed by atoms with Gasteiger partial charge in [-0.2, -0.15) is 4.39 Å². The summed E-state index contributed by atoms with van der Waals surface area (Å²) in [5, 5.41) is 11.7. The number of morpholine rings is 1. The Kier molecular flexibility index (Phi) is 12.7. The molecule has 0 bridgehead atoms. The zero-order valence-electron chi connectivity index (χ0n) is 30.9. The van der Waals surface area contributed by atoms with E-state index in [9.17, 15) is 28.0 Å². The van der Waals surface area contributed by atoms with Crippen LogP contribution in [0.25, 0.3) is 11.3 Å². The van der Waals surface area contributed by atoms with Gasteiger partial charge in [0, 0.05) is 54.9 Å². The van der Waals surface area contributed by atoms with Crippen molar-refractivity contribution < 1.29 is 37.4 Å². The number of ether oxygens (including phenoxy) is 2. The molecule has 0 spiro atoms. The summed E-state index contributed by atoms with van der Waals surface area (Å²) >= 11 is 1.38. The Balaban J connectivity index is 1.11. The first-order chi connectivity index (χ1) is 25.5. The number of amides is 4. The molecular formula is C37H48F2N8O6S. The van der Waals surface area contributed by atoms with Crippen LogP contribution >= 0.6 is 11.3 Å². The topological polar surface area (TPSA) is 194 Å². The summed E-state index contributed by atoms with van der Waals surface area (Å²) in [5.74, 6) is 1.21. The number of benzene rings is 2. The van der Waals surface area contributed by atoms with Gasteiger partial charge < -0.3 is 30.7 Å². The van der Waals surface area contributed by atoms with Gasteiger partial charge in [-0.1, -0.05) is 27.7 Å². The van der Waals surface area contributed by atoms with Gasteiger partial charge in [0.25, 0.3) is 17.7 Å². The fourth-order valence-corrected chi connectivity index (χ4v) is 6.84. The molecule has 2 aliphatic heterocycles. The van der Waals surface area contributed by atoms with E-state index in [1.165, 1.54) is 17.4 Å². The first kappa shape index (κ1) is 40.3. The first-order valence-electron chi connectivity index (χ1n) is 17.7. The maximum absolute atomic E-state index is 15.0. The Morgan fingerprint density at radius 1 is 1.09 bits per heavy atom. The van der Waals surface area contributed by atoms with Gasteiger partial charge in [0.1, 0.15) is 6.04 Å². The van der Waals surface area contributed by atoms with E-state index in [1.54, 1.807) is 23.6 Å². The van der Waals surface area contributed by atoms with Crippen molar-refractivity contribution in [3.8, 4) is 17.0 Å². The fourth-order valence-electron chi connectivity index (χ4n) is 5.96. The highest BCUT2D eigenvalue weighted by Crippen LogP contribution is 2.37. The lowest BCUT2D eigenvalue weighted by atomic mass is 9.79. The summed E-state index contributed by atoms with van der Waals surface area (Å²) in [6.45, 7) is 11.1. The summed E-state index contributed by atoms with van der Waals surface area (Å²) in [6.07, 6.45) is 1.70. The Morgan fingerprint density at radius 3 is 2.50 bits per heavy atom. The lowest BCUT2D eigenvalue weighted by Crippen LogP contribution is -2.57. The molecule has 54 heavy (non-hydrogen) atoms. The van der Waals surface area contributed by atoms with Crippen LogP contribution in [0.2, 0.25) is 0 Å². The number of carbonyl (C=O) groups excluding carboxylic acids is 4. The third-order valence-electron chi connectivity index (χ3n) is 9.53. The molecule has 5 rings (SSSR count). The van der Waals surface area contributed by atoms with Crippen LogP contribution in [0.4, 0.5) is 25.3 Å². The summed E-state index contributed by atoms with van der Waals surface area (Å²) < 4.78 is 40.2. The summed E-state index contributed by atoms with van der Waals surface area (Å²) in [6, 6.07) is 6.33. The number of nitrogen functional groups attached to an aromatic ring is 1. The molecule has 0 saturated carbocycles. The van der Waals surface area contributed by atoms with Gasteiger partial charge in [-0.05, 0) is 60.4 Å². The zero-order chi connectivity index (χ0) is 39.2. The number of imide groups is 1. The van der Waals surface area contributed by atoms with Crippen LogP contribution in [-0.2, 0) is 19.1 Å². The molecule has 7 N–H and O–H groups in total. The predicted molar refractivity (Wildman–Crippen MR) is 202 cm³/mol. The van der Waals surface area contributed by atoms with Crippen molar-refractivity contribution in [2.75, 3.05) is 62.0 Å². The van der Waals surface area contributed by atoms with Crippen molar-refractivity contribution in [3.63, 3.8) is 0 Å². The van der Waals surface area contributed by atoms with Crippen LogP contribution in [0.3, 0.4) is 0 Å². The lowest BCUT2D eigenvalue weighted by Gasteiger charge is -2.32. The average Bonchev–Trinajstić information content (AvgIpc) is 3.64. The van der Waals surface area contributed by atoms with Gasteiger partial charge in [-0.3, -0.25) is 29.5 Å². The van der Waals surface area contributed by atoms with E-state index < -0.39 is 47.9 Å². The third-order valence-corrected chi connectivity index (χ3v) is 10.4. The number of rotatable bonds is 15. The molecule has 17 heteroatoms. The number of thiazole rings is 1. The average molecular weight is 771 g/mol. The summed E-state index contributed by atoms with van der Waals surface area (Å²) in [5.41, 5.74) is 7.19. The van der Waals surface area contributed by atoms with Crippen molar-refractivity contribution in [1.29, 1.82) is 0 Å². The lowest BCUT2D eigenvalue weighted by molar-refractivity contribution is -0.137. The molecule has 1 unspecified atom stereocenters. The van der Waals surface area contributed by atoms with E-state index in [0.29, 0.717) is 50.8 Å². The number of hydrogen-bond acceptors (Lipinski definition) is 12. The number of hydrazine groups is 1. The second-order valence-electron chi connectivity index (χ2n) is 15.1. The van der Waals surface area contributed by atoms with Crippen molar-refractivity contribution >= 4 is 51.5 Å². The molecule has 292 valence electrons. The Labute approximate surface area is 316 Å². The van der Waals surface area contributed by atoms with E-state index in [4.69, 9.17) is 21.1 Å². The molecule has 2 saturated heterocycles. The van der Waals surface area contributed by atoms with Crippen LogP contribution in [0, 0.1) is 22.5 Å². The van der Waals surface area contributed by atoms with Crippen molar-refractivity contribution in [1.82, 2.24) is 20.6 Å². The molecule has 2 aromatic carbocycles. The molecule has 1 atom stereocenters. The van der Waals surface area contributed by atoms with E-state index in [1.807, 2.05) is 13.8 Å². The van der Waals surface area contributed by atoms with E-state index >= 15 is 0 Å². The van der Waals surface area contributed by atoms with Crippen molar-refractivity contribution in [3.05, 3.63) is 52.9 Å². The van der Waals surface area contributed by atoms with Gasteiger partial charge >= 0.3 is 0 Å². The van der Waals surface area contributed by atoms with Gasteiger partial charge in [-0.25, -0.2) is 15.2 Å². The summed E-state index contributed by atoms with van der Waals surface area (Å²) in [4.78, 5) is 56.5. The highest BCUT2D eigenvalue weighted by molar-refractivity contribution is 7.14. The first-order valence-corrected chi connectivity index (χ1v) is 18.6. The number of aromatic nitrogens is 1. The zero-order valence-corrected chi connectivity index (χ0v) is 31.7. The second-order valence-corrected chi connectivity index (χ2v) is 15.9. The second kappa shape index (κ2) is 17.1. The molecule has 3 heterocycles. The molecule has 2 fully saturated rings. The van der Waals surface area contributed by atoms with Crippen molar-refractivity contribution in [2.45, 2.75) is 59.4 Å². The molecular weight excluding hydrogens is 723 g/mol. The van der Waals surface area contributed by atoms with E-state index in [2.05, 4.69) is 39.7 Å². The monoisotopic (exact) mass is 770 g/mol. The number of hydrogen-bond donors (Lipinski definition) is 5. The van der Waals surface area contributed by atoms with Crippen LogP contribution < -0.4 is 37.2 Å². The molecule has 4 amide bonds. The molecule has 0 aliphatic carbocycles. The molecule has 1 aromatic heterocycles. The highest BCUT2D eigenvalue weighted by Gasteiger charge is 2.34. The minimum Gasteiger partial charge on any atom is -0.480 e. The smallest absolute Gasteiger partial charge is 0.270 e. The number of anilines is 3. The molecule has 3 aromatic rings. The standard InChI is InChI=1S/C37H48F2N8O6S/c1-36(2,20-42-22-5-8-26(40)24(17-22)34(51)47(41)28-9-10-29(48)45-33(28)50)11-12-37(3,4)21-43-30(49)18-53-32-23(6-7-25(38)31(32)39)27-19-54-35(44-27)46-13-15-52-16-14-46/h5-8,17,19,28,42H,9-16,18,20-21,40-41H2,1-4H3,(H,43,49)(H,45,48,50). The number of nitrogens with two attached hydrogens (primary N) is 2. The largest absolute Gasteiger partial charge is 0.480 e. The minimum absolute atomic E-state index is 0.0747. The predicted octanol–water partition coefficient (Wildman–Crippen LogP) is 4.07. The quantitative estimate of drug-likeness (QED) is 0.0492. The molecule has 0 radical (unpaired) electrons. The Bertz CT molecular complexity index is 1870. The van der Waals surface area contributed by atoms with Crippen LogP contribution in [0.5, 0.6) is 5.75 Å². The normalized spacial score (nSPS) is 16.5. The highest BCUT2D eigenvalue weighted by atomic mass is 32.1. The number of piperidine rings is 1. The van der Waals surface area contributed by atoms with E-state index in [0.717, 1.165) is 29.0 Å². The number of nitrogens with one attached hydrogen (secondary N) is 3. The third kappa shape index (κ3) is 10.2. The fraction of sp³-hybridized carbons (Fsp3) is 0.486. The Hall–Kier alpha value is -4.87. The maximum Gasteiger partial charge on any atom is 0.270 e. The van der Waals surface area contributed by atoms with Gasteiger partial charge in [-0.15, -0.1) is 11.3 Å². The maximum atomic E-state index is 15.0.